The highest BCUT2D eigenvalue weighted by Crippen LogP contribution is 2.41. The number of hydrogen-bond donors (Lipinski definition) is 0. The van der Waals surface area contributed by atoms with Crippen molar-refractivity contribution in [3.05, 3.63) is 52.8 Å². The molecule has 0 atom stereocenters. The molecule has 0 aliphatic carbocycles. The minimum Gasteiger partial charge on any atom is -0.490 e. The molecule has 4 aromatic rings. The molecule has 9 nitrogen and oxygen atoms in total. The van der Waals surface area contributed by atoms with Crippen LogP contribution in [-0.2, 0) is 19.0 Å². The van der Waals surface area contributed by atoms with Gasteiger partial charge in [0.1, 0.15) is 18.2 Å². The number of rotatable bonds is 2. The van der Waals surface area contributed by atoms with Crippen LogP contribution in [0.4, 0.5) is 11.4 Å². The quantitative estimate of drug-likeness (QED) is 0.498. The van der Waals surface area contributed by atoms with Crippen molar-refractivity contribution in [1.29, 1.82) is 0 Å². The number of aryl methyl sites for hydroxylation is 2. The molecule has 0 bridgehead atoms. The van der Waals surface area contributed by atoms with Gasteiger partial charge in [-0.3, -0.25) is 4.40 Å². The summed E-state index contributed by atoms with van der Waals surface area (Å²) in [5.41, 5.74) is 3.43. The molecule has 0 spiro atoms. The first-order valence-electron chi connectivity index (χ1n) is 10.5. The zero-order chi connectivity index (χ0) is 21.3. The summed E-state index contributed by atoms with van der Waals surface area (Å²) < 4.78 is 11.2. The van der Waals surface area contributed by atoms with Crippen LogP contribution < -0.4 is 15.3 Å². The molecule has 0 N–H and O–H groups in total. The van der Waals surface area contributed by atoms with E-state index in [1.807, 2.05) is 12.1 Å². The van der Waals surface area contributed by atoms with Gasteiger partial charge in [0.15, 0.2) is 11.5 Å². The molecule has 2 aliphatic rings. The molecule has 0 saturated carbocycles. The summed E-state index contributed by atoms with van der Waals surface area (Å²) >= 11 is 0. The van der Waals surface area contributed by atoms with Gasteiger partial charge in [-0.15, -0.1) is 10.2 Å². The Bertz CT molecular complexity index is 1390. The second-order valence-electron chi connectivity index (χ2n) is 8.79. The Labute approximate surface area is 178 Å². The Kier molecular flexibility index (Phi) is 3.63. The number of ether oxygens (including phenoxy) is 1. The fourth-order valence-corrected chi connectivity index (χ4v) is 4.69. The SMILES string of the molecule is Cn1nc2cc(N3CCOc4cc(-c5nnc6n5C(C)(C)CC6)ccc43)ccn2c1=O. The molecule has 0 amide bonds. The third-order valence-corrected chi connectivity index (χ3v) is 6.34. The van der Waals surface area contributed by atoms with Gasteiger partial charge in [0.05, 0.1) is 12.2 Å². The average Bonchev–Trinajstić information content (AvgIpc) is 3.41. The zero-order valence-corrected chi connectivity index (χ0v) is 17.7. The number of benzene rings is 1. The molecular weight excluding hydrogens is 394 g/mol. The van der Waals surface area contributed by atoms with Crippen molar-refractivity contribution in [3.8, 4) is 17.1 Å². The van der Waals surface area contributed by atoms with E-state index in [-0.39, 0.29) is 11.2 Å². The maximum atomic E-state index is 12.1. The molecule has 158 valence electrons. The standard InChI is InChI=1S/C22H23N7O2/c1-22(2)8-6-18-23-24-20(29(18)22)14-4-5-16-17(12-14)31-11-10-27(16)15-7-9-28-19(13-15)25-26(3)21(28)30/h4-5,7,9,12-13H,6,8,10-11H2,1-3H3. The summed E-state index contributed by atoms with van der Waals surface area (Å²) in [5.74, 6) is 2.74. The van der Waals surface area contributed by atoms with E-state index in [9.17, 15) is 4.79 Å². The lowest BCUT2D eigenvalue weighted by molar-refractivity contribution is 0.314. The van der Waals surface area contributed by atoms with E-state index in [1.165, 1.54) is 4.68 Å². The average molecular weight is 417 g/mol. The second kappa shape index (κ2) is 6.19. The van der Waals surface area contributed by atoms with Crippen LogP contribution in [0.5, 0.6) is 5.75 Å². The van der Waals surface area contributed by atoms with E-state index in [4.69, 9.17) is 4.74 Å². The van der Waals surface area contributed by atoms with E-state index >= 15 is 0 Å². The molecule has 3 aromatic heterocycles. The number of nitrogens with zero attached hydrogens (tertiary/aromatic N) is 7. The van der Waals surface area contributed by atoms with Gasteiger partial charge in [0.25, 0.3) is 0 Å². The van der Waals surface area contributed by atoms with Crippen molar-refractivity contribution in [3.63, 3.8) is 0 Å². The van der Waals surface area contributed by atoms with Crippen molar-refractivity contribution in [2.24, 2.45) is 7.05 Å². The highest BCUT2D eigenvalue weighted by Gasteiger charge is 2.34. The number of pyridine rings is 1. The third-order valence-electron chi connectivity index (χ3n) is 6.34. The van der Waals surface area contributed by atoms with Crippen LogP contribution in [-0.4, -0.2) is 42.1 Å². The summed E-state index contributed by atoms with van der Waals surface area (Å²) in [4.78, 5) is 14.3. The lowest BCUT2D eigenvalue weighted by Gasteiger charge is -2.31. The van der Waals surface area contributed by atoms with E-state index in [0.29, 0.717) is 18.8 Å². The second-order valence-corrected chi connectivity index (χ2v) is 8.79. The summed E-state index contributed by atoms with van der Waals surface area (Å²) in [7, 11) is 1.66. The van der Waals surface area contributed by atoms with E-state index in [1.54, 1.807) is 17.6 Å². The van der Waals surface area contributed by atoms with Crippen LogP contribution in [0.2, 0.25) is 0 Å². The van der Waals surface area contributed by atoms with Gasteiger partial charge in [-0.25, -0.2) is 9.48 Å². The van der Waals surface area contributed by atoms with Crippen LogP contribution in [0.15, 0.2) is 41.3 Å². The lowest BCUT2D eigenvalue weighted by atomic mass is 10.0. The Morgan fingerprint density at radius 3 is 2.87 bits per heavy atom. The molecule has 9 heteroatoms. The highest BCUT2D eigenvalue weighted by molar-refractivity contribution is 5.75. The Morgan fingerprint density at radius 2 is 2.00 bits per heavy atom. The highest BCUT2D eigenvalue weighted by atomic mass is 16.5. The topological polar surface area (TPSA) is 82.5 Å². The van der Waals surface area contributed by atoms with E-state index < -0.39 is 0 Å². The van der Waals surface area contributed by atoms with Gasteiger partial charge >= 0.3 is 5.69 Å². The monoisotopic (exact) mass is 417 g/mol. The number of fused-ring (bicyclic) bond motifs is 3. The summed E-state index contributed by atoms with van der Waals surface area (Å²) in [6, 6.07) is 10.1. The van der Waals surface area contributed by atoms with Gasteiger partial charge in [0, 0.05) is 42.5 Å². The van der Waals surface area contributed by atoms with Crippen molar-refractivity contribution in [1.82, 2.24) is 28.9 Å². The van der Waals surface area contributed by atoms with Crippen LogP contribution in [0, 0.1) is 0 Å². The van der Waals surface area contributed by atoms with E-state index in [0.717, 1.165) is 47.2 Å². The predicted molar refractivity (Wildman–Crippen MR) is 116 cm³/mol. The Hall–Kier alpha value is -3.62. The zero-order valence-electron chi connectivity index (χ0n) is 17.7. The Balaban J connectivity index is 1.42. The molecule has 31 heavy (non-hydrogen) atoms. The van der Waals surface area contributed by atoms with Gasteiger partial charge in [0.2, 0.25) is 0 Å². The third kappa shape index (κ3) is 2.62. The molecule has 6 rings (SSSR count). The number of aromatic nitrogens is 6. The summed E-state index contributed by atoms with van der Waals surface area (Å²) in [5, 5.41) is 13.2. The molecular formula is C22H23N7O2. The molecule has 0 radical (unpaired) electrons. The summed E-state index contributed by atoms with van der Waals surface area (Å²) in [6.07, 6.45) is 3.79. The minimum absolute atomic E-state index is 0.00708. The first-order valence-corrected chi connectivity index (χ1v) is 10.5. The van der Waals surface area contributed by atoms with Crippen LogP contribution in [0.1, 0.15) is 26.1 Å². The molecule has 2 aliphatic heterocycles. The smallest absolute Gasteiger partial charge is 0.350 e. The summed E-state index contributed by atoms with van der Waals surface area (Å²) in [6.45, 7) is 5.74. The fourth-order valence-electron chi connectivity index (χ4n) is 4.69. The van der Waals surface area contributed by atoms with Crippen molar-refractivity contribution in [2.75, 3.05) is 18.1 Å². The van der Waals surface area contributed by atoms with E-state index in [2.05, 4.69) is 56.8 Å². The van der Waals surface area contributed by atoms with Gasteiger partial charge in [-0.1, -0.05) is 0 Å². The molecule has 0 fully saturated rings. The molecule has 5 heterocycles. The van der Waals surface area contributed by atoms with Gasteiger partial charge in [-0.05, 0) is 44.5 Å². The van der Waals surface area contributed by atoms with Crippen LogP contribution >= 0.6 is 0 Å². The first-order chi connectivity index (χ1) is 14.9. The van der Waals surface area contributed by atoms with Crippen molar-refractivity contribution < 1.29 is 4.74 Å². The predicted octanol–water partition coefficient (Wildman–Crippen LogP) is 2.50. The molecule has 1 aromatic carbocycles. The van der Waals surface area contributed by atoms with Gasteiger partial charge in [-0.2, -0.15) is 5.10 Å². The first kappa shape index (κ1) is 18.2. The fraction of sp³-hybridized carbons (Fsp3) is 0.364. The maximum Gasteiger partial charge on any atom is 0.350 e. The van der Waals surface area contributed by atoms with Gasteiger partial charge < -0.3 is 14.2 Å². The normalized spacial score (nSPS) is 16.9. The lowest BCUT2D eigenvalue weighted by Crippen LogP contribution is -2.28. The van der Waals surface area contributed by atoms with Crippen molar-refractivity contribution in [2.45, 2.75) is 32.2 Å². The Morgan fingerprint density at radius 1 is 1.13 bits per heavy atom. The van der Waals surface area contributed by atoms with Crippen LogP contribution in [0.3, 0.4) is 0 Å². The van der Waals surface area contributed by atoms with Crippen LogP contribution in [0.25, 0.3) is 17.0 Å². The largest absolute Gasteiger partial charge is 0.490 e. The molecule has 0 unspecified atom stereocenters. The molecule has 0 saturated heterocycles. The number of anilines is 2. The number of hydrogen-bond acceptors (Lipinski definition) is 6. The maximum absolute atomic E-state index is 12.1. The minimum atomic E-state index is -0.155. The van der Waals surface area contributed by atoms with Crippen molar-refractivity contribution >= 4 is 17.0 Å².